The first kappa shape index (κ1) is 19.5. The van der Waals surface area contributed by atoms with Gasteiger partial charge in [0, 0.05) is 6.07 Å². The van der Waals surface area contributed by atoms with Gasteiger partial charge in [0.25, 0.3) is 0 Å². The van der Waals surface area contributed by atoms with Crippen molar-refractivity contribution < 1.29 is 9.47 Å². The summed E-state index contributed by atoms with van der Waals surface area (Å²) >= 11 is 0. The van der Waals surface area contributed by atoms with Crippen LogP contribution >= 0.6 is 0 Å². The Balaban J connectivity index is 2.06. The van der Waals surface area contributed by atoms with Crippen molar-refractivity contribution >= 4 is 5.69 Å². The third kappa shape index (κ3) is 8.58. The second-order valence-electron chi connectivity index (χ2n) is 5.97. The molecule has 0 aliphatic heterocycles. The summed E-state index contributed by atoms with van der Waals surface area (Å²) in [5.74, 6) is 1.31. The molecular formula is C19H31N2O2. The first-order valence-electron chi connectivity index (χ1n) is 8.97. The maximum Gasteiger partial charge on any atom is 0.162 e. The van der Waals surface area contributed by atoms with Crippen molar-refractivity contribution in [2.75, 3.05) is 13.7 Å². The highest BCUT2D eigenvalue weighted by molar-refractivity contribution is 5.51. The van der Waals surface area contributed by atoms with Gasteiger partial charge < -0.3 is 9.47 Å². The summed E-state index contributed by atoms with van der Waals surface area (Å²) < 4.78 is 11.0. The predicted octanol–water partition coefficient (Wildman–Crippen LogP) is 5.88. The summed E-state index contributed by atoms with van der Waals surface area (Å²) in [6, 6.07) is 5.15. The fraction of sp³-hybridized carbons (Fsp3) is 0.684. The Morgan fingerprint density at radius 2 is 1.48 bits per heavy atom. The number of unbranched alkanes of at least 4 members (excludes halogenated alkanes) is 9. The lowest BCUT2D eigenvalue weighted by Gasteiger charge is -2.10. The van der Waals surface area contributed by atoms with Crippen LogP contribution in [0.25, 0.3) is 0 Å². The molecule has 0 aliphatic carbocycles. The molecular weight excluding hydrogens is 288 g/mol. The van der Waals surface area contributed by atoms with Gasteiger partial charge in [0.2, 0.25) is 0 Å². The molecule has 1 aromatic carbocycles. The lowest BCUT2D eigenvalue weighted by atomic mass is 10.1. The van der Waals surface area contributed by atoms with Gasteiger partial charge in [0.1, 0.15) is 0 Å². The van der Waals surface area contributed by atoms with Gasteiger partial charge in [0.05, 0.1) is 19.4 Å². The van der Waals surface area contributed by atoms with E-state index in [1.807, 2.05) is 0 Å². The third-order valence-electron chi connectivity index (χ3n) is 4.02. The number of rotatable bonds is 14. The number of hydrogen-bond donors (Lipinski definition) is 0. The van der Waals surface area contributed by atoms with Crippen LogP contribution in [-0.2, 0) is 0 Å². The minimum atomic E-state index is 0.466. The molecule has 4 heteroatoms. The Hall–Kier alpha value is -1.58. The molecule has 129 valence electrons. The van der Waals surface area contributed by atoms with Crippen LogP contribution in [0.15, 0.2) is 23.3 Å². The maximum atomic E-state index is 8.75. The number of methoxy groups -OCH3 is 1. The molecule has 1 aromatic rings. The van der Waals surface area contributed by atoms with Gasteiger partial charge in [-0.25, -0.2) is 0 Å². The summed E-state index contributed by atoms with van der Waals surface area (Å²) in [7, 11) is 1.59. The van der Waals surface area contributed by atoms with Crippen molar-refractivity contribution in [3.05, 3.63) is 18.2 Å². The molecule has 0 unspecified atom stereocenters. The Kier molecular flexibility index (Phi) is 10.9. The van der Waals surface area contributed by atoms with E-state index in [2.05, 4.69) is 12.0 Å². The van der Waals surface area contributed by atoms with Gasteiger partial charge in [-0.05, 0) is 24.1 Å². The number of nitrogens with zero attached hydrogens (tertiary/aromatic N) is 2. The van der Waals surface area contributed by atoms with Crippen molar-refractivity contribution in [3.8, 4) is 11.5 Å². The molecule has 0 spiro atoms. The molecule has 0 atom stereocenters. The number of hydrogen-bond acceptors (Lipinski definition) is 3. The van der Waals surface area contributed by atoms with E-state index >= 15 is 0 Å². The molecule has 0 N–H and O–H groups in total. The summed E-state index contributed by atoms with van der Waals surface area (Å²) in [4.78, 5) is 0. The molecule has 1 radical (unpaired) electrons. The molecule has 0 fully saturated rings. The molecule has 0 amide bonds. The summed E-state index contributed by atoms with van der Waals surface area (Å²) in [5, 5.41) is 3.15. The van der Waals surface area contributed by atoms with Crippen LogP contribution < -0.4 is 15.0 Å². The van der Waals surface area contributed by atoms with E-state index < -0.39 is 0 Å². The summed E-state index contributed by atoms with van der Waals surface area (Å²) in [6.45, 7) is 2.95. The summed E-state index contributed by atoms with van der Waals surface area (Å²) in [5.41, 5.74) is 9.22. The molecule has 0 heterocycles. The lowest BCUT2D eigenvalue weighted by Crippen LogP contribution is -1.99. The van der Waals surface area contributed by atoms with E-state index in [9.17, 15) is 0 Å². The van der Waals surface area contributed by atoms with Crippen molar-refractivity contribution in [2.45, 2.75) is 71.1 Å². The first-order valence-corrected chi connectivity index (χ1v) is 8.97. The largest absolute Gasteiger partial charge is 0.493 e. The Labute approximate surface area is 141 Å². The molecule has 0 aromatic heterocycles. The zero-order valence-electron chi connectivity index (χ0n) is 14.7. The zero-order chi connectivity index (χ0) is 16.8. The fourth-order valence-electron chi connectivity index (χ4n) is 2.61. The molecule has 0 aliphatic rings. The number of benzene rings is 1. The standard InChI is InChI=1S/C19H31N2O2/c1-3-4-5-6-7-8-9-10-11-12-15-23-18-14-13-17(21-20)16-19(18)22-2/h13-14,16H,3-12,15H2,1-2H3. The van der Waals surface area contributed by atoms with Gasteiger partial charge in [-0.15, -0.1) is 5.11 Å². The average molecular weight is 319 g/mol. The SMILES string of the molecule is CCCCCCCCCCCCOc1ccc(N=[N])cc1OC. The second-order valence-corrected chi connectivity index (χ2v) is 5.97. The van der Waals surface area contributed by atoms with Gasteiger partial charge in [-0.1, -0.05) is 64.7 Å². The average Bonchev–Trinajstić information content (AvgIpc) is 2.59. The Morgan fingerprint density at radius 1 is 0.870 bits per heavy atom. The van der Waals surface area contributed by atoms with Crippen molar-refractivity contribution in [2.24, 2.45) is 5.11 Å². The van der Waals surface area contributed by atoms with Crippen LogP contribution in [-0.4, -0.2) is 13.7 Å². The highest BCUT2D eigenvalue weighted by atomic mass is 16.5. The van der Waals surface area contributed by atoms with E-state index in [-0.39, 0.29) is 0 Å². The molecule has 0 saturated heterocycles. The maximum absolute atomic E-state index is 8.75. The van der Waals surface area contributed by atoms with Crippen molar-refractivity contribution in [3.63, 3.8) is 0 Å². The van der Waals surface area contributed by atoms with Crippen LogP contribution in [0.4, 0.5) is 5.69 Å². The van der Waals surface area contributed by atoms with E-state index in [0.717, 1.165) is 6.42 Å². The minimum absolute atomic E-state index is 0.466. The lowest BCUT2D eigenvalue weighted by molar-refractivity contribution is 0.284. The molecule has 4 nitrogen and oxygen atoms in total. The predicted molar refractivity (Wildman–Crippen MR) is 94.6 cm³/mol. The van der Waals surface area contributed by atoms with Crippen molar-refractivity contribution in [1.29, 1.82) is 0 Å². The quantitative estimate of drug-likeness (QED) is 0.317. The van der Waals surface area contributed by atoms with Crippen LogP contribution in [0, 0.1) is 0 Å². The number of ether oxygens (including phenoxy) is 2. The molecule has 0 bridgehead atoms. The van der Waals surface area contributed by atoms with Crippen LogP contribution in [0.5, 0.6) is 11.5 Å². The van der Waals surface area contributed by atoms with E-state index in [1.54, 1.807) is 25.3 Å². The third-order valence-corrected chi connectivity index (χ3v) is 4.02. The Bertz CT molecular complexity index is 435. The monoisotopic (exact) mass is 319 g/mol. The summed E-state index contributed by atoms with van der Waals surface area (Å²) in [6.07, 6.45) is 13.1. The van der Waals surface area contributed by atoms with E-state index in [0.29, 0.717) is 23.8 Å². The second kappa shape index (κ2) is 12.9. The van der Waals surface area contributed by atoms with Crippen LogP contribution in [0.1, 0.15) is 71.1 Å². The van der Waals surface area contributed by atoms with Crippen LogP contribution in [0.3, 0.4) is 0 Å². The van der Waals surface area contributed by atoms with Crippen LogP contribution in [0.2, 0.25) is 0 Å². The Morgan fingerprint density at radius 3 is 2.04 bits per heavy atom. The molecule has 0 saturated carbocycles. The van der Waals surface area contributed by atoms with Gasteiger partial charge in [0.15, 0.2) is 11.5 Å². The molecule has 23 heavy (non-hydrogen) atoms. The smallest absolute Gasteiger partial charge is 0.162 e. The normalized spacial score (nSPS) is 10.5. The van der Waals surface area contributed by atoms with Gasteiger partial charge >= 0.3 is 0 Å². The van der Waals surface area contributed by atoms with Gasteiger partial charge in [-0.2, -0.15) is 0 Å². The first-order chi connectivity index (χ1) is 11.3. The fourth-order valence-corrected chi connectivity index (χ4v) is 2.61. The molecule has 1 rings (SSSR count). The van der Waals surface area contributed by atoms with Gasteiger partial charge in [-0.3, -0.25) is 0 Å². The zero-order valence-corrected chi connectivity index (χ0v) is 14.7. The minimum Gasteiger partial charge on any atom is -0.493 e. The highest BCUT2D eigenvalue weighted by Crippen LogP contribution is 2.31. The topological polar surface area (TPSA) is 53.1 Å². The van der Waals surface area contributed by atoms with E-state index in [4.69, 9.17) is 15.0 Å². The highest BCUT2D eigenvalue weighted by Gasteiger charge is 2.05. The van der Waals surface area contributed by atoms with Crippen molar-refractivity contribution in [1.82, 2.24) is 5.53 Å². The van der Waals surface area contributed by atoms with E-state index in [1.165, 1.54) is 57.8 Å².